The third-order valence-corrected chi connectivity index (χ3v) is 2.03. The monoisotopic (exact) mass is 204 g/mol. The Kier molecular flexibility index (Phi) is 7.79. The van der Waals surface area contributed by atoms with E-state index in [0.717, 1.165) is 31.4 Å². The zero-order valence-corrected chi connectivity index (χ0v) is 8.56. The first kappa shape index (κ1) is 12.5. The molecule has 0 aliphatic carbocycles. The van der Waals surface area contributed by atoms with E-state index in [0.29, 0.717) is 6.42 Å². The highest BCUT2D eigenvalue weighted by Gasteiger charge is 2.06. The molecule has 76 valence electrons. The van der Waals surface area contributed by atoms with E-state index in [9.17, 15) is 9.59 Å². The highest BCUT2D eigenvalue weighted by molar-refractivity contribution is 7.80. The minimum Gasteiger partial charge on any atom is -0.481 e. The van der Waals surface area contributed by atoms with Gasteiger partial charge in [0.2, 0.25) is 0 Å². The lowest BCUT2D eigenvalue weighted by Crippen LogP contribution is -2.05. The Morgan fingerprint density at radius 3 is 2.23 bits per heavy atom. The Morgan fingerprint density at radius 2 is 1.69 bits per heavy atom. The molecule has 0 saturated heterocycles. The van der Waals surface area contributed by atoms with Crippen LogP contribution < -0.4 is 0 Å². The number of carbonyl (C=O) groups is 2. The number of ketones is 1. The summed E-state index contributed by atoms with van der Waals surface area (Å²) < 4.78 is 0. The van der Waals surface area contributed by atoms with Gasteiger partial charge < -0.3 is 5.11 Å². The maximum atomic E-state index is 10.9. The molecule has 13 heavy (non-hydrogen) atoms. The molecule has 3 nitrogen and oxygen atoms in total. The van der Waals surface area contributed by atoms with Crippen LogP contribution in [-0.2, 0) is 9.59 Å². The lowest BCUT2D eigenvalue weighted by atomic mass is 10.1. The fraction of sp³-hybridized carbons (Fsp3) is 0.778. The number of hydrogen-bond acceptors (Lipinski definition) is 3. The van der Waals surface area contributed by atoms with Crippen molar-refractivity contribution < 1.29 is 14.7 Å². The summed E-state index contributed by atoms with van der Waals surface area (Å²) in [5, 5.41) is 8.29. The minimum atomic E-state index is -1.03. The minimum absolute atomic E-state index is 0.168. The lowest BCUT2D eigenvalue weighted by molar-refractivity contribution is -0.140. The van der Waals surface area contributed by atoms with Crippen molar-refractivity contribution in [1.29, 1.82) is 0 Å². The highest BCUT2D eigenvalue weighted by atomic mass is 32.1. The Hall–Kier alpha value is -0.510. The van der Waals surface area contributed by atoms with Crippen molar-refractivity contribution >= 4 is 24.4 Å². The van der Waals surface area contributed by atoms with Crippen molar-refractivity contribution in [2.24, 2.45) is 0 Å². The molecule has 0 radical (unpaired) electrons. The van der Waals surface area contributed by atoms with Gasteiger partial charge in [0, 0.05) is 6.42 Å². The van der Waals surface area contributed by atoms with Crippen LogP contribution in [0, 0.1) is 0 Å². The van der Waals surface area contributed by atoms with Crippen LogP contribution in [0.3, 0.4) is 0 Å². The first-order valence-electron chi connectivity index (χ1n) is 4.51. The molecular formula is C9H16O3S. The van der Waals surface area contributed by atoms with Crippen LogP contribution >= 0.6 is 12.6 Å². The van der Waals surface area contributed by atoms with Gasteiger partial charge in [0.05, 0.1) is 0 Å². The Balaban J connectivity index is 3.22. The van der Waals surface area contributed by atoms with Gasteiger partial charge in [-0.3, -0.25) is 9.59 Å². The normalized spacial score (nSPS) is 9.92. The summed E-state index contributed by atoms with van der Waals surface area (Å²) in [5.74, 6) is -0.318. The molecule has 0 spiro atoms. The highest BCUT2D eigenvalue weighted by Crippen LogP contribution is 2.05. The standard InChI is InChI=1S/C9H16O3S/c10-8(7-9(11)12)5-3-1-2-4-6-13/h13H,1-7H2,(H,11,12). The van der Waals surface area contributed by atoms with Crippen molar-refractivity contribution in [1.82, 2.24) is 0 Å². The van der Waals surface area contributed by atoms with Gasteiger partial charge in [0.15, 0.2) is 0 Å². The van der Waals surface area contributed by atoms with Crippen molar-refractivity contribution in [2.75, 3.05) is 5.75 Å². The average Bonchev–Trinajstić information content (AvgIpc) is 2.02. The van der Waals surface area contributed by atoms with Crippen LogP contribution in [0.15, 0.2) is 0 Å². The second kappa shape index (κ2) is 8.10. The van der Waals surface area contributed by atoms with Gasteiger partial charge in [-0.15, -0.1) is 0 Å². The quantitative estimate of drug-likeness (QED) is 0.361. The maximum absolute atomic E-state index is 10.9. The largest absolute Gasteiger partial charge is 0.481 e. The molecule has 0 amide bonds. The smallest absolute Gasteiger partial charge is 0.310 e. The van der Waals surface area contributed by atoms with Gasteiger partial charge in [-0.05, 0) is 18.6 Å². The molecule has 0 aliphatic rings. The van der Waals surface area contributed by atoms with Gasteiger partial charge in [0.25, 0.3) is 0 Å². The van der Waals surface area contributed by atoms with E-state index in [1.165, 1.54) is 0 Å². The van der Waals surface area contributed by atoms with Crippen LogP contribution in [-0.4, -0.2) is 22.6 Å². The molecule has 1 N–H and O–H groups in total. The Morgan fingerprint density at radius 1 is 1.08 bits per heavy atom. The fourth-order valence-electron chi connectivity index (χ4n) is 1.04. The van der Waals surface area contributed by atoms with Crippen LogP contribution in [0.5, 0.6) is 0 Å². The van der Waals surface area contributed by atoms with E-state index in [1.54, 1.807) is 0 Å². The molecule has 0 bridgehead atoms. The molecule has 0 rings (SSSR count). The number of unbranched alkanes of at least 4 members (excludes halogenated alkanes) is 3. The molecule has 0 fully saturated rings. The van der Waals surface area contributed by atoms with E-state index < -0.39 is 5.97 Å². The molecule has 4 heteroatoms. The van der Waals surface area contributed by atoms with Gasteiger partial charge in [-0.25, -0.2) is 0 Å². The third-order valence-electron chi connectivity index (χ3n) is 1.71. The molecule has 0 unspecified atom stereocenters. The molecular weight excluding hydrogens is 188 g/mol. The number of thiol groups is 1. The van der Waals surface area contributed by atoms with Gasteiger partial charge in [0.1, 0.15) is 12.2 Å². The second-order valence-electron chi connectivity index (χ2n) is 3.00. The number of Topliss-reactive ketones (excluding diaryl/α,β-unsaturated/α-hetero) is 1. The van der Waals surface area contributed by atoms with Crippen molar-refractivity contribution in [3.05, 3.63) is 0 Å². The predicted octanol–water partition coefficient (Wildman–Crippen LogP) is 1.91. The maximum Gasteiger partial charge on any atom is 0.310 e. The summed E-state index contributed by atoms with van der Waals surface area (Å²) in [6.07, 6.45) is 4.01. The fourth-order valence-corrected chi connectivity index (χ4v) is 1.27. The van der Waals surface area contributed by atoms with Gasteiger partial charge in [-0.1, -0.05) is 12.8 Å². The summed E-state index contributed by atoms with van der Waals surface area (Å²) in [6, 6.07) is 0. The predicted molar refractivity (Wildman–Crippen MR) is 54.2 cm³/mol. The zero-order chi connectivity index (χ0) is 10.1. The van der Waals surface area contributed by atoms with E-state index >= 15 is 0 Å². The zero-order valence-electron chi connectivity index (χ0n) is 7.66. The number of carboxylic acid groups (broad SMARTS) is 1. The van der Waals surface area contributed by atoms with Crippen LogP contribution in [0.4, 0.5) is 0 Å². The van der Waals surface area contributed by atoms with E-state index in [2.05, 4.69) is 12.6 Å². The summed E-state index contributed by atoms with van der Waals surface area (Å²) in [7, 11) is 0. The number of carbonyl (C=O) groups excluding carboxylic acids is 1. The van der Waals surface area contributed by atoms with Crippen LogP contribution in [0.25, 0.3) is 0 Å². The number of hydrogen-bond donors (Lipinski definition) is 2. The third kappa shape index (κ3) is 9.40. The van der Waals surface area contributed by atoms with E-state index in [1.807, 2.05) is 0 Å². The SMILES string of the molecule is O=C(O)CC(=O)CCCCCCS. The molecule has 0 aromatic heterocycles. The summed E-state index contributed by atoms with van der Waals surface area (Å²) in [4.78, 5) is 21.0. The van der Waals surface area contributed by atoms with Crippen molar-refractivity contribution in [2.45, 2.75) is 38.5 Å². The number of rotatable bonds is 8. The van der Waals surface area contributed by atoms with Crippen LogP contribution in [0.2, 0.25) is 0 Å². The van der Waals surface area contributed by atoms with Crippen molar-refractivity contribution in [3.8, 4) is 0 Å². The average molecular weight is 204 g/mol. The topological polar surface area (TPSA) is 54.4 Å². The summed E-state index contributed by atoms with van der Waals surface area (Å²) in [5.41, 5.74) is 0. The number of aliphatic carboxylic acids is 1. The molecule has 0 heterocycles. The van der Waals surface area contributed by atoms with Gasteiger partial charge >= 0.3 is 5.97 Å². The summed E-state index contributed by atoms with van der Waals surface area (Å²) in [6.45, 7) is 0. The molecule has 0 atom stereocenters. The molecule has 0 aliphatic heterocycles. The molecule has 0 aromatic rings. The van der Waals surface area contributed by atoms with E-state index in [4.69, 9.17) is 5.11 Å². The van der Waals surface area contributed by atoms with Gasteiger partial charge in [-0.2, -0.15) is 12.6 Å². The molecule has 0 aromatic carbocycles. The first-order chi connectivity index (χ1) is 6.16. The van der Waals surface area contributed by atoms with E-state index in [-0.39, 0.29) is 12.2 Å². The lowest BCUT2D eigenvalue weighted by Gasteiger charge is -1.98. The second-order valence-corrected chi connectivity index (χ2v) is 3.44. The van der Waals surface area contributed by atoms with Crippen molar-refractivity contribution in [3.63, 3.8) is 0 Å². The van der Waals surface area contributed by atoms with Crippen LogP contribution in [0.1, 0.15) is 38.5 Å². The Bertz CT molecular complexity index is 168. The summed E-state index contributed by atoms with van der Waals surface area (Å²) >= 11 is 4.06. The first-order valence-corrected chi connectivity index (χ1v) is 5.14. The Labute approximate surface area is 83.9 Å². The number of carboxylic acids is 1. The molecule has 0 saturated carbocycles.